The van der Waals surface area contributed by atoms with Crippen molar-refractivity contribution < 1.29 is 4.79 Å². The second-order valence-corrected chi connectivity index (χ2v) is 7.24. The van der Waals surface area contributed by atoms with Gasteiger partial charge in [0.25, 0.3) is 5.91 Å². The second-order valence-electron chi connectivity index (χ2n) is 7.24. The minimum atomic E-state index is -0.198. The summed E-state index contributed by atoms with van der Waals surface area (Å²) in [6, 6.07) is 19.4. The van der Waals surface area contributed by atoms with Crippen molar-refractivity contribution in [1.29, 1.82) is 0 Å². The predicted octanol–water partition coefficient (Wildman–Crippen LogP) is 3.88. The lowest BCUT2D eigenvalue weighted by Gasteiger charge is -2.12. The van der Waals surface area contributed by atoms with Gasteiger partial charge in [0.2, 0.25) is 0 Å². The van der Waals surface area contributed by atoms with Gasteiger partial charge in [-0.05, 0) is 51.7 Å². The standard InChI is InChI=1S/C23H27N5O/c1-17-9-7-12-19(15-17)25-21-16-20(23(29)24-13-8-14-28(2)3)26-22(27-21)18-10-5-4-6-11-18/h4-7,9-12,15-16H,8,13-14H2,1-3H3,(H,24,29)(H,25,26,27). The maximum Gasteiger partial charge on any atom is 0.270 e. The molecule has 0 aliphatic carbocycles. The molecule has 0 aliphatic rings. The van der Waals surface area contributed by atoms with Crippen molar-refractivity contribution in [3.05, 3.63) is 71.9 Å². The predicted molar refractivity (Wildman–Crippen MR) is 117 cm³/mol. The summed E-state index contributed by atoms with van der Waals surface area (Å²) in [5.41, 5.74) is 3.27. The van der Waals surface area contributed by atoms with Gasteiger partial charge in [-0.3, -0.25) is 4.79 Å². The molecule has 0 radical (unpaired) electrons. The molecule has 2 N–H and O–H groups in total. The monoisotopic (exact) mass is 389 g/mol. The molecule has 0 atom stereocenters. The van der Waals surface area contributed by atoms with Crippen molar-refractivity contribution in [3.63, 3.8) is 0 Å². The van der Waals surface area contributed by atoms with Gasteiger partial charge in [-0.25, -0.2) is 9.97 Å². The first-order valence-electron chi connectivity index (χ1n) is 9.72. The fourth-order valence-corrected chi connectivity index (χ4v) is 2.90. The number of carbonyl (C=O) groups excluding carboxylic acids is 1. The van der Waals surface area contributed by atoms with Crippen molar-refractivity contribution in [2.45, 2.75) is 13.3 Å². The van der Waals surface area contributed by atoms with Crippen LogP contribution in [0, 0.1) is 6.92 Å². The summed E-state index contributed by atoms with van der Waals surface area (Å²) in [6.07, 6.45) is 0.879. The Labute approximate surface area is 172 Å². The first-order valence-corrected chi connectivity index (χ1v) is 9.72. The van der Waals surface area contributed by atoms with E-state index in [1.54, 1.807) is 6.07 Å². The Morgan fingerprint density at radius 2 is 1.79 bits per heavy atom. The fourth-order valence-electron chi connectivity index (χ4n) is 2.90. The summed E-state index contributed by atoms with van der Waals surface area (Å²) in [7, 11) is 4.03. The number of benzene rings is 2. The number of aromatic nitrogens is 2. The first-order chi connectivity index (χ1) is 14.0. The van der Waals surface area contributed by atoms with Gasteiger partial charge in [0.05, 0.1) is 0 Å². The Bertz CT molecular complexity index is 956. The minimum absolute atomic E-state index is 0.198. The van der Waals surface area contributed by atoms with Crippen molar-refractivity contribution >= 4 is 17.4 Å². The maximum absolute atomic E-state index is 12.7. The van der Waals surface area contributed by atoms with Crippen LogP contribution in [0.2, 0.25) is 0 Å². The van der Waals surface area contributed by atoms with E-state index in [0.717, 1.165) is 29.8 Å². The van der Waals surface area contributed by atoms with Gasteiger partial charge in [-0.15, -0.1) is 0 Å². The number of nitrogens with zero attached hydrogens (tertiary/aromatic N) is 3. The Balaban J connectivity index is 1.85. The third-order valence-electron chi connectivity index (χ3n) is 4.35. The summed E-state index contributed by atoms with van der Waals surface area (Å²) < 4.78 is 0. The van der Waals surface area contributed by atoms with E-state index in [0.29, 0.717) is 23.9 Å². The summed E-state index contributed by atoms with van der Waals surface area (Å²) >= 11 is 0. The number of carbonyl (C=O) groups is 1. The molecule has 6 nitrogen and oxygen atoms in total. The molecule has 0 bridgehead atoms. The van der Waals surface area contributed by atoms with E-state index < -0.39 is 0 Å². The topological polar surface area (TPSA) is 70.2 Å². The Morgan fingerprint density at radius 1 is 1.00 bits per heavy atom. The lowest BCUT2D eigenvalue weighted by Crippen LogP contribution is -2.28. The highest BCUT2D eigenvalue weighted by Crippen LogP contribution is 2.21. The Morgan fingerprint density at radius 3 is 2.52 bits per heavy atom. The number of anilines is 2. The van der Waals surface area contributed by atoms with E-state index in [2.05, 4.69) is 25.5 Å². The van der Waals surface area contributed by atoms with Crippen LogP contribution in [-0.2, 0) is 0 Å². The van der Waals surface area contributed by atoms with Crippen LogP contribution >= 0.6 is 0 Å². The van der Waals surface area contributed by atoms with Gasteiger partial charge in [-0.2, -0.15) is 0 Å². The third kappa shape index (κ3) is 6.12. The maximum atomic E-state index is 12.7. The van der Waals surface area contributed by atoms with E-state index in [1.165, 1.54) is 0 Å². The van der Waals surface area contributed by atoms with E-state index in [1.807, 2.05) is 75.6 Å². The van der Waals surface area contributed by atoms with Crippen molar-refractivity contribution in [3.8, 4) is 11.4 Å². The molecule has 1 amide bonds. The molecule has 0 saturated heterocycles. The van der Waals surface area contributed by atoms with E-state index in [-0.39, 0.29) is 5.91 Å². The van der Waals surface area contributed by atoms with Crippen LogP contribution in [0.5, 0.6) is 0 Å². The molecule has 0 fully saturated rings. The normalized spacial score (nSPS) is 10.8. The molecule has 150 valence electrons. The smallest absolute Gasteiger partial charge is 0.270 e. The highest BCUT2D eigenvalue weighted by molar-refractivity contribution is 5.93. The zero-order valence-electron chi connectivity index (χ0n) is 17.1. The van der Waals surface area contributed by atoms with Crippen LogP contribution in [0.4, 0.5) is 11.5 Å². The highest BCUT2D eigenvalue weighted by Gasteiger charge is 2.13. The highest BCUT2D eigenvalue weighted by atomic mass is 16.1. The van der Waals surface area contributed by atoms with Gasteiger partial charge < -0.3 is 15.5 Å². The molecule has 1 heterocycles. The van der Waals surface area contributed by atoms with Crippen LogP contribution in [0.25, 0.3) is 11.4 Å². The molecule has 2 aromatic carbocycles. The van der Waals surface area contributed by atoms with Gasteiger partial charge in [0.1, 0.15) is 11.5 Å². The number of nitrogens with one attached hydrogen (secondary N) is 2. The zero-order valence-corrected chi connectivity index (χ0v) is 17.1. The number of aryl methyl sites for hydroxylation is 1. The first kappa shape index (κ1) is 20.5. The van der Waals surface area contributed by atoms with Crippen LogP contribution in [0.15, 0.2) is 60.7 Å². The van der Waals surface area contributed by atoms with Crippen LogP contribution in [0.3, 0.4) is 0 Å². The molecule has 3 aromatic rings. The van der Waals surface area contributed by atoms with Crippen molar-refractivity contribution in [1.82, 2.24) is 20.2 Å². The van der Waals surface area contributed by atoms with Crippen molar-refractivity contribution in [2.75, 3.05) is 32.5 Å². The molecule has 6 heteroatoms. The fraction of sp³-hybridized carbons (Fsp3) is 0.261. The molecule has 0 spiro atoms. The molecule has 3 rings (SSSR count). The summed E-state index contributed by atoms with van der Waals surface area (Å²) in [4.78, 5) is 23.9. The molecule has 0 saturated carbocycles. The molecule has 1 aromatic heterocycles. The van der Waals surface area contributed by atoms with E-state index >= 15 is 0 Å². The summed E-state index contributed by atoms with van der Waals surface area (Å²) in [5, 5.41) is 6.24. The van der Waals surface area contributed by atoms with E-state index in [4.69, 9.17) is 0 Å². The average Bonchev–Trinajstić information content (AvgIpc) is 2.71. The number of hydrogen-bond acceptors (Lipinski definition) is 5. The number of amides is 1. The lowest BCUT2D eigenvalue weighted by atomic mass is 10.2. The molecular weight excluding hydrogens is 362 g/mol. The molecular formula is C23H27N5O. The minimum Gasteiger partial charge on any atom is -0.351 e. The Hall–Kier alpha value is -3.25. The zero-order chi connectivity index (χ0) is 20.6. The van der Waals surface area contributed by atoms with Gasteiger partial charge in [-0.1, -0.05) is 42.5 Å². The van der Waals surface area contributed by atoms with Crippen LogP contribution in [0.1, 0.15) is 22.5 Å². The van der Waals surface area contributed by atoms with Crippen LogP contribution < -0.4 is 10.6 Å². The largest absolute Gasteiger partial charge is 0.351 e. The quantitative estimate of drug-likeness (QED) is 0.572. The molecule has 29 heavy (non-hydrogen) atoms. The SMILES string of the molecule is Cc1cccc(Nc2cc(C(=O)NCCCN(C)C)nc(-c3ccccc3)n2)c1. The summed E-state index contributed by atoms with van der Waals surface area (Å²) in [6.45, 7) is 3.55. The number of rotatable bonds is 8. The lowest BCUT2D eigenvalue weighted by molar-refractivity contribution is 0.0947. The van der Waals surface area contributed by atoms with Gasteiger partial charge in [0.15, 0.2) is 5.82 Å². The third-order valence-corrected chi connectivity index (χ3v) is 4.35. The summed E-state index contributed by atoms with van der Waals surface area (Å²) in [5.74, 6) is 0.903. The average molecular weight is 390 g/mol. The van der Waals surface area contributed by atoms with Gasteiger partial charge >= 0.3 is 0 Å². The second kappa shape index (κ2) is 9.80. The van der Waals surface area contributed by atoms with E-state index in [9.17, 15) is 4.79 Å². The van der Waals surface area contributed by atoms with Crippen molar-refractivity contribution in [2.24, 2.45) is 0 Å². The molecule has 0 unspecified atom stereocenters. The number of hydrogen-bond donors (Lipinski definition) is 2. The molecule has 0 aliphatic heterocycles. The Kier molecular flexibility index (Phi) is 6.92. The van der Waals surface area contributed by atoms with Crippen LogP contribution in [-0.4, -0.2) is 48.0 Å². The van der Waals surface area contributed by atoms with Gasteiger partial charge in [0, 0.05) is 23.9 Å².